The molecule has 2 saturated carbocycles. The molecule has 2 aliphatic carbocycles. The van der Waals surface area contributed by atoms with Crippen molar-refractivity contribution in [1.82, 2.24) is 0 Å². The van der Waals surface area contributed by atoms with Crippen LogP contribution in [0, 0.1) is 16.7 Å². The average molecular weight is 252 g/mol. The van der Waals surface area contributed by atoms with E-state index in [2.05, 4.69) is 27.4 Å². The van der Waals surface area contributed by atoms with E-state index in [0.717, 1.165) is 12.8 Å². The van der Waals surface area contributed by atoms with Gasteiger partial charge < -0.3 is 9.47 Å². The fraction of sp³-hybridized carbons (Fsp3) is 0.800. The highest BCUT2D eigenvalue weighted by molar-refractivity contribution is 5.88. The van der Waals surface area contributed by atoms with Crippen LogP contribution in [0.25, 0.3) is 0 Å². The first-order valence-corrected chi connectivity index (χ1v) is 6.70. The average Bonchev–Trinajstić information content (AvgIpc) is 2.62. The molecule has 2 rings (SSSR count). The van der Waals surface area contributed by atoms with E-state index >= 15 is 0 Å². The maximum absolute atomic E-state index is 11.9. The van der Waals surface area contributed by atoms with E-state index < -0.39 is 0 Å². The summed E-state index contributed by atoms with van der Waals surface area (Å²) < 4.78 is 10.6. The Kier molecular flexibility index (Phi) is 3.30. The zero-order valence-corrected chi connectivity index (χ0v) is 11.9. The lowest BCUT2D eigenvalue weighted by Crippen LogP contribution is -2.38. The van der Waals surface area contributed by atoms with Gasteiger partial charge in [-0.25, -0.2) is 4.79 Å². The molecule has 3 unspecified atom stereocenters. The fourth-order valence-corrected chi connectivity index (χ4v) is 3.75. The van der Waals surface area contributed by atoms with Gasteiger partial charge in [-0.2, -0.15) is 0 Å². The summed E-state index contributed by atoms with van der Waals surface area (Å²) in [6.07, 6.45) is 3.44. The molecule has 0 aromatic carbocycles. The lowest BCUT2D eigenvalue weighted by atomic mass is 9.70. The van der Waals surface area contributed by atoms with Gasteiger partial charge in [0, 0.05) is 12.5 Å². The van der Waals surface area contributed by atoms with E-state index in [9.17, 15) is 4.79 Å². The fourth-order valence-electron chi connectivity index (χ4n) is 3.75. The minimum Gasteiger partial charge on any atom is -0.458 e. The predicted octanol–water partition coefficient (Wildman–Crippen LogP) is 2.95. The molecule has 102 valence electrons. The van der Waals surface area contributed by atoms with Gasteiger partial charge in [0.05, 0.1) is 12.2 Å². The molecule has 3 nitrogen and oxygen atoms in total. The molecule has 0 aromatic heterocycles. The van der Waals surface area contributed by atoms with Crippen molar-refractivity contribution in [3.05, 3.63) is 12.2 Å². The lowest BCUT2D eigenvalue weighted by molar-refractivity contribution is -0.152. The normalized spacial score (nSPS) is 36.7. The van der Waals surface area contributed by atoms with Crippen molar-refractivity contribution < 1.29 is 14.3 Å². The number of hydrogen-bond donors (Lipinski definition) is 0. The number of methoxy groups -OCH3 is 1. The maximum atomic E-state index is 11.9. The zero-order valence-electron chi connectivity index (χ0n) is 11.9. The van der Waals surface area contributed by atoms with Gasteiger partial charge >= 0.3 is 5.97 Å². The molecule has 0 heterocycles. The van der Waals surface area contributed by atoms with Crippen LogP contribution in [-0.4, -0.2) is 25.8 Å². The minimum absolute atomic E-state index is 0.0346. The zero-order chi connectivity index (χ0) is 13.6. The largest absolute Gasteiger partial charge is 0.458 e. The first kappa shape index (κ1) is 13.6. The minimum atomic E-state index is -0.300. The van der Waals surface area contributed by atoms with E-state index in [1.165, 1.54) is 6.42 Å². The molecule has 18 heavy (non-hydrogen) atoms. The van der Waals surface area contributed by atoms with Gasteiger partial charge in [-0.1, -0.05) is 27.4 Å². The SMILES string of the molecule is C=C(COC)C(=O)OC1CC2CCC1(C)C2(C)C. The van der Waals surface area contributed by atoms with Crippen molar-refractivity contribution in [1.29, 1.82) is 0 Å². The van der Waals surface area contributed by atoms with Crippen molar-refractivity contribution >= 4 is 5.97 Å². The highest BCUT2D eigenvalue weighted by Crippen LogP contribution is 2.66. The van der Waals surface area contributed by atoms with Gasteiger partial charge in [0.1, 0.15) is 6.10 Å². The third-order valence-corrected chi connectivity index (χ3v) is 5.57. The summed E-state index contributed by atoms with van der Waals surface area (Å²) in [6, 6.07) is 0. The Balaban J connectivity index is 2.05. The van der Waals surface area contributed by atoms with Crippen LogP contribution in [0.5, 0.6) is 0 Å². The standard InChI is InChI=1S/C15H24O3/c1-10(9-17-5)13(16)18-12-8-11-6-7-15(12,4)14(11,2)3/h11-12H,1,6-9H2,2-5H3. The number of esters is 1. The third-order valence-electron chi connectivity index (χ3n) is 5.57. The summed E-state index contributed by atoms with van der Waals surface area (Å²) in [5.74, 6) is 0.377. The second-order valence-corrected chi connectivity index (χ2v) is 6.54. The number of hydrogen-bond acceptors (Lipinski definition) is 3. The smallest absolute Gasteiger partial charge is 0.336 e. The van der Waals surface area contributed by atoms with Gasteiger partial charge in [-0.05, 0) is 30.6 Å². The molecule has 0 saturated heterocycles. The monoisotopic (exact) mass is 252 g/mol. The van der Waals surface area contributed by atoms with Crippen LogP contribution in [0.1, 0.15) is 40.0 Å². The summed E-state index contributed by atoms with van der Waals surface area (Å²) >= 11 is 0. The molecule has 0 aliphatic heterocycles. The van der Waals surface area contributed by atoms with Gasteiger partial charge in [-0.15, -0.1) is 0 Å². The first-order chi connectivity index (χ1) is 8.33. The van der Waals surface area contributed by atoms with E-state index in [0.29, 0.717) is 11.5 Å². The molecule has 0 radical (unpaired) electrons. The lowest BCUT2D eigenvalue weighted by Gasteiger charge is -2.38. The molecule has 0 N–H and O–H groups in total. The Hall–Kier alpha value is -0.830. The number of ether oxygens (including phenoxy) is 2. The van der Waals surface area contributed by atoms with Crippen LogP contribution in [0.2, 0.25) is 0 Å². The summed E-state index contributed by atoms with van der Waals surface area (Å²) in [6.45, 7) is 10.8. The summed E-state index contributed by atoms with van der Waals surface area (Å²) in [7, 11) is 1.56. The van der Waals surface area contributed by atoms with E-state index in [-0.39, 0.29) is 29.5 Å². The molecule has 0 aromatic rings. The Morgan fingerprint density at radius 1 is 1.39 bits per heavy atom. The molecule has 2 aliphatic rings. The third kappa shape index (κ3) is 1.80. The van der Waals surface area contributed by atoms with E-state index in [1.807, 2.05) is 0 Å². The summed E-state index contributed by atoms with van der Waals surface area (Å²) in [5.41, 5.74) is 0.781. The first-order valence-electron chi connectivity index (χ1n) is 6.70. The number of carbonyl (C=O) groups is 1. The van der Waals surface area contributed by atoms with Crippen LogP contribution in [-0.2, 0) is 14.3 Å². The van der Waals surface area contributed by atoms with Crippen LogP contribution in [0.4, 0.5) is 0 Å². The van der Waals surface area contributed by atoms with E-state index in [4.69, 9.17) is 9.47 Å². The number of rotatable bonds is 4. The quantitative estimate of drug-likeness (QED) is 0.570. The summed E-state index contributed by atoms with van der Waals surface area (Å²) in [4.78, 5) is 11.9. The van der Waals surface area contributed by atoms with Crippen LogP contribution >= 0.6 is 0 Å². The number of carbonyl (C=O) groups excluding carboxylic acids is 1. The molecular formula is C15H24O3. The molecular weight excluding hydrogens is 228 g/mol. The van der Waals surface area contributed by atoms with Crippen molar-refractivity contribution in [3.8, 4) is 0 Å². The Bertz CT molecular complexity index is 372. The molecule has 2 bridgehead atoms. The maximum Gasteiger partial charge on any atom is 0.336 e. The second-order valence-electron chi connectivity index (χ2n) is 6.54. The summed E-state index contributed by atoms with van der Waals surface area (Å²) in [5, 5.41) is 0. The molecule has 3 heteroatoms. The van der Waals surface area contributed by atoms with Crippen LogP contribution in [0.15, 0.2) is 12.2 Å². The Morgan fingerprint density at radius 3 is 2.50 bits per heavy atom. The molecule has 0 spiro atoms. The van der Waals surface area contributed by atoms with Crippen molar-refractivity contribution in [2.45, 2.75) is 46.1 Å². The van der Waals surface area contributed by atoms with Gasteiger partial charge in [0.15, 0.2) is 0 Å². The highest BCUT2D eigenvalue weighted by Gasteiger charge is 2.62. The van der Waals surface area contributed by atoms with Gasteiger partial charge in [0.25, 0.3) is 0 Å². The van der Waals surface area contributed by atoms with E-state index in [1.54, 1.807) is 7.11 Å². The van der Waals surface area contributed by atoms with Crippen LogP contribution < -0.4 is 0 Å². The molecule has 2 fully saturated rings. The highest BCUT2D eigenvalue weighted by atomic mass is 16.5. The van der Waals surface area contributed by atoms with Crippen molar-refractivity contribution in [3.63, 3.8) is 0 Å². The molecule has 0 amide bonds. The predicted molar refractivity (Wildman–Crippen MR) is 70.1 cm³/mol. The van der Waals surface area contributed by atoms with Gasteiger partial charge in [-0.3, -0.25) is 0 Å². The Labute approximate surface area is 110 Å². The number of fused-ring (bicyclic) bond motifs is 2. The Morgan fingerprint density at radius 2 is 2.06 bits per heavy atom. The van der Waals surface area contributed by atoms with Crippen molar-refractivity contribution in [2.75, 3.05) is 13.7 Å². The topological polar surface area (TPSA) is 35.5 Å². The molecule has 3 atom stereocenters. The van der Waals surface area contributed by atoms with Crippen LogP contribution in [0.3, 0.4) is 0 Å². The van der Waals surface area contributed by atoms with Gasteiger partial charge in [0.2, 0.25) is 0 Å². The van der Waals surface area contributed by atoms with Crippen molar-refractivity contribution in [2.24, 2.45) is 16.7 Å². The second kappa shape index (κ2) is 4.37.